The van der Waals surface area contributed by atoms with E-state index >= 15 is 0 Å². The molecule has 82 valence electrons. The summed E-state index contributed by atoms with van der Waals surface area (Å²) in [6, 6.07) is 2.13. The van der Waals surface area contributed by atoms with Crippen LogP contribution in [0.15, 0.2) is 12.3 Å². The Morgan fingerprint density at radius 3 is 2.60 bits per heavy atom. The summed E-state index contributed by atoms with van der Waals surface area (Å²) >= 11 is 5.77. The van der Waals surface area contributed by atoms with E-state index in [1.807, 2.05) is 6.20 Å². The molecule has 1 aliphatic heterocycles. The third-order valence-electron chi connectivity index (χ3n) is 2.80. The minimum atomic E-state index is 0.444. The van der Waals surface area contributed by atoms with Crippen LogP contribution in [0.4, 0.5) is 5.82 Å². The molecule has 15 heavy (non-hydrogen) atoms. The molecule has 2 heterocycles. The van der Waals surface area contributed by atoms with Gasteiger partial charge in [-0.05, 0) is 29.5 Å². The van der Waals surface area contributed by atoms with Crippen molar-refractivity contribution in [3.05, 3.63) is 23.4 Å². The van der Waals surface area contributed by atoms with Crippen molar-refractivity contribution in [1.29, 1.82) is 0 Å². The highest BCUT2D eigenvalue weighted by Gasteiger charge is 2.35. The van der Waals surface area contributed by atoms with Gasteiger partial charge in [0.25, 0.3) is 0 Å². The Balaban J connectivity index is 2.17. The molecule has 0 radical (unpaired) electrons. The molecule has 1 aliphatic rings. The van der Waals surface area contributed by atoms with Gasteiger partial charge in [0.15, 0.2) is 0 Å². The zero-order valence-electron chi connectivity index (χ0n) is 9.55. The number of pyridine rings is 1. The maximum Gasteiger partial charge on any atom is 0.131 e. The molecule has 2 rings (SSSR count). The van der Waals surface area contributed by atoms with E-state index in [9.17, 15) is 0 Å². The summed E-state index contributed by atoms with van der Waals surface area (Å²) in [6.45, 7) is 8.86. The number of aryl methyl sites for hydroxylation is 1. The Hall–Kier alpha value is -0.760. The molecule has 0 amide bonds. The molecule has 0 N–H and O–H groups in total. The van der Waals surface area contributed by atoms with Gasteiger partial charge in [0.05, 0.1) is 0 Å². The summed E-state index contributed by atoms with van der Waals surface area (Å²) in [5.41, 5.74) is 2.76. The Bertz CT molecular complexity index is 366. The van der Waals surface area contributed by atoms with Crippen LogP contribution >= 0.6 is 11.6 Å². The first-order chi connectivity index (χ1) is 7.02. The van der Waals surface area contributed by atoms with Gasteiger partial charge in [0.2, 0.25) is 0 Å². The maximum atomic E-state index is 5.77. The van der Waals surface area contributed by atoms with Crippen LogP contribution in [0.1, 0.15) is 25.0 Å². The van der Waals surface area contributed by atoms with E-state index in [0.717, 1.165) is 24.5 Å². The molecular weight excluding hydrogens is 208 g/mol. The first kappa shape index (κ1) is 10.7. The van der Waals surface area contributed by atoms with E-state index in [4.69, 9.17) is 11.6 Å². The van der Waals surface area contributed by atoms with E-state index in [-0.39, 0.29) is 0 Å². The number of aromatic nitrogens is 1. The Labute approximate surface area is 96.3 Å². The van der Waals surface area contributed by atoms with Crippen molar-refractivity contribution in [3.63, 3.8) is 0 Å². The lowest BCUT2D eigenvalue weighted by atomic mass is 9.84. The highest BCUT2D eigenvalue weighted by molar-refractivity contribution is 6.17. The van der Waals surface area contributed by atoms with Gasteiger partial charge in [-0.25, -0.2) is 4.98 Å². The van der Waals surface area contributed by atoms with Gasteiger partial charge in [0, 0.05) is 25.2 Å². The molecule has 0 saturated carbocycles. The number of anilines is 1. The second-order valence-corrected chi connectivity index (χ2v) is 5.41. The third-order valence-corrected chi connectivity index (χ3v) is 3.11. The standard InChI is InChI=1S/C12H17ClN2/c1-9-4-10(5-13)6-14-11(9)15-7-12(2,3)8-15/h4,6H,5,7-8H2,1-3H3. The van der Waals surface area contributed by atoms with Crippen LogP contribution in [0.25, 0.3) is 0 Å². The molecule has 0 atom stereocenters. The average Bonchev–Trinajstić information content (AvgIpc) is 2.14. The lowest BCUT2D eigenvalue weighted by Crippen LogP contribution is -2.53. The van der Waals surface area contributed by atoms with E-state index in [1.54, 1.807) is 0 Å². The third kappa shape index (κ3) is 2.10. The molecule has 1 aromatic heterocycles. The zero-order valence-corrected chi connectivity index (χ0v) is 10.3. The number of alkyl halides is 1. The molecule has 1 aromatic rings. The summed E-state index contributed by atoms with van der Waals surface area (Å²) in [4.78, 5) is 6.80. The van der Waals surface area contributed by atoms with E-state index in [1.165, 1.54) is 5.56 Å². The molecule has 1 saturated heterocycles. The number of rotatable bonds is 2. The average molecular weight is 225 g/mol. The molecule has 0 unspecified atom stereocenters. The van der Waals surface area contributed by atoms with Gasteiger partial charge in [-0.3, -0.25) is 0 Å². The summed E-state index contributed by atoms with van der Waals surface area (Å²) in [7, 11) is 0. The minimum Gasteiger partial charge on any atom is -0.355 e. The van der Waals surface area contributed by atoms with Crippen molar-refractivity contribution in [3.8, 4) is 0 Å². The zero-order chi connectivity index (χ0) is 11.1. The molecule has 0 aliphatic carbocycles. The first-order valence-corrected chi connectivity index (χ1v) is 5.82. The number of hydrogen-bond donors (Lipinski definition) is 0. The molecule has 0 spiro atoms. The summed E-state index contributed by atoms with van der Waals surface area (Å²) in [5.74, 6) is 1.66. The maximum absolute atomic E-state index is 5.77. The molecule has 0 bridgehead atoms. The Kier molecular flexibility index (Phi) is 2.63. The number of hydrogen-bond acceptors (Lipinski definition) is 2. The number of halogens is 1. The van der Waals surface area contributed by atoms with Crippen molar-refractivity contribution >= 4 is 17.4 Å². The van der Waals surface area contributed by atoms with Crippen molar-refractivity contribution in [1.82, 2.24) is 4.98 Å². The van der Waals surface area contributed by atoms with E-state index in [2.05, 4.69) is 36.7 Å². The van der Waals surface area contributed by atoms with Crippen LogP contribution in [0.5, 0.6) is 0 Å². The van der Waals surface area contributed by atoms with Gasteiger partial charge in [0.1, 0.15) is 5.82 Å². The predicted molar refractivity (Wildman–Crippen MR) is 64.5 cm³/mol. The fraction of sp³-hybridized carbons (Fsp3) is 0.583. The van der Waals surface area contributed by atoms with Crippen molar-refractivity contribution in [2.24, 2.45) is 5.41 Å². The van der Waals surface area contributed by atoms with Crippen LogP contribution in [-0.2, 0) is 5.88 Å². The molecule has 2 nitrogen and oxygen atoms in total. The van der Waals surface area contributed by atoms with Gasteiger partial charge in [-0.2, -0.15) is 0 Å². The summed E-state index contributed by atoms with van der Waals surface area (Å²) in [5, 5.41) is 0. The van der Waals surface area contributed by atoms with Crippen molar-refractivity contribution in [2.75, 3.05) is 18.0 Å². The fourth-order valence-corrected chi connectivity index (χ4v) is 2.31. The second kappa shape index (κ2) is 3.67. The fourth-order valence-electron chi connectivity index (χ4n) is 2.17. The Morgan fingerprint density at radius 1 is 1.47 bits per heavy atom. The van der Waals surface area contributed by atoms with Crippen LogP contribution in [0, 0.1) is 12.3 Å². The van der Waals surface area contributed by atoms with Gasteiger partial charge < -0.3 is 4.90 Å². The lowest BCUT2D eigenvalue weighted by Gasteiger charge is -2.47. The monoisotopic (exact) mass is 224 g/mol. The molecule has 0 aromatic carbocycles. The lowest BCUT2D eigenvalue weighted by molar-refractivity contribution is 0.274. The van der Waals surface area contributed by atoms with E-state index in [0.29, 0.717) is 11.3 Å². The number of nitrogens with zero attached hydrogens (tertiary/aromatic N) is 2. The highest BCUT2D eigenvalue weighted by Crippen LogP contribution is 2.33. The van der Waals surface area contributed by atoms with Crippen molar-refractivity contribution in [2.45, 2.75) is 26.7 Å². The topological polar surface area (TPSA) is 16.1 Å². The highest BCUT2D eigenvalue weighted by atomic mass is 35.5. The van der Waals surface area contributed by atoms with Crippen LogP contribution in [-0.4, -0.2) is 18.1 Å². The normalized spacial score (nSPS) is 18.8. The van der Waals surface area contributed by atoms with Gasteiger partial charge >= 0.3 is 0 Å². The van der Waals surface area contributed by atoms with Crippen LogP contribution in [0.3, 0.4) is 0 Å². The predicted octanol–water partition coefficient (Wildman–Crippen LogP) is 2.98. The molecular formula is C12H17ClN2. The minimum absolute atomic E-state index is 0.444. The smallest absolute Gasteiger partial charge is 0.131 e. The molecule has 1 fully saturated rings. The largest absolute Gasteiger partial charge is 0.355 e. The van der Waals surface area contributed by atoms with Gasteiger partial charge in [-0.1, -0.05) is 13.8 Å². The van der Waals surface area contributed by atoms with Crippen LogP contribution in [0.2, 0.25) is 0 Å². The first-order valence-electron chi connectivity index (χ1n) is 5.28. The second-order valence-electron chi connectivity index (χ2n) is 5.14. The van der Waals surface area contributed by atoms with Crippen LogP contribution < -0.4 is 4.90 Å². The quantitative estimate of drug-likeness (QED) is 0.718. The van der Waals surface area contributed by atoms with E-state index < -0.39 is 0 Å². The SMILES string of the molecule is Cc1cc(CCl)cnc1N1CC(C)(C)C1. The molecule has 3 heteroatoms. The van der Waals surface area contributed by atoms with Gasteiger partial charge in [-0.15, -0.1) is 11.6 Å². The Morgan fingerprint density at radius 2 is 2.13 bits per heavy atom. The summed E-state index contributed by atoms with van der Waals surface area (Å²) < 4.78 is 0. The summed E-state index contributed by atoms with van der Waals surface area (Å²) in [6.07, 6.45) is 1.88. The van der Waals surface area contributed by atoms with Crippen molar-refractivity contribution < 1.29 is 0 Å².